The normalized spacial score (nSPS) is 11.6. The second-order valence-electron chi connectivity index (χ2n) is 5.16. The third-order valence-electron chi connectivity index (χ3n) is 3.65. The van der Waals surface area contributed by atoms with Crippen LogP contribution in [0.4, 0.5) is 0 Å². The molecule has 0 heterocycles. The van der Waals surface area contributed by atoms with Crippen LogP contribution in [-0.4, -0.2) is 11.0 Å². The van der Waals surface area contributed by atoms with Crippen molar-refractivity contribution in [2.75, 3.05) is 0 Å². The lowest BCUT2D eigenvalue weighted by atomic mass is 10.0. The molecule has 3 rings (SSSR count). The molecule has 0 aliphatic rings. The number of carbonyl (C=O) groups is 1. The fraction of sp³-hybridized carbons (Fsp3) is 0.0526. The number of fused-ring (bicyclic) bond motifs is 1. The molecule has 0 aliphatic heterocycles. The van der Waals surface area contributed by atoms with E-state index in [-0.39, 0.29) is 11.3 Å². The van der Waals surface area contributed by atoms with E-state index in [1.807, 2.05) is 30.3 Å². The van der Waals surface area contributed by atoms with Crippen molar-refractivity contribution in [3.8, 4) is 11.8 Å². The zero-order chi connectivity index (χ0) is 16.2. The van der Waals surface area contributed by atoms with Crippen molar-refractivity contribution in [2.45, 2.75) is 6.04 Å². The van der Waals surface area contributed by atoms with E-state index in [0.29, 0.717) is 5.56 Å². The summed E-state index contributed by atoms with van der Waals surface area (Å²) >= 11 is 0. The minimum Gasteiger partial charge on any atom is -0.507 e. The van der Waals surface area contributed by atoms with Gasteiger partial charge in [0.2, 0.25) is 0 Å². The number of amides is 1. The summed E-state index contributed by atoms with van der Waals surface area (Å²) in [4.78, 5) is 12.4. The molecule has 0 spiro atoms. The summed E-state index contributed by atoms with van der Waals surface area (Å²) in [5, 5.41) is 23.7. The molecule has 3 aromatic carbocycles. The van der Waals surface area contributed by atoms with Crippen molar-refractivity contribution < 1.29 is 9.90 Å². The molecule has 4 heteroatoms. The fourth-order valence-electron chi connectivity index (χ4n) is 2.45. The lowest BCUT2D eigenvalue weighted by Gasteiger charge is -2.13. The van der Waals surface area contributed by atoms with Crippen molar-refractivity contribution in [1.82, 2.24) is 5.32 Å². The van der Waals surface area contributed by atoms with Crippen LogP contribution in [0.3, 0.4) is 0 Å². The lowest BCUT2D eigenvalue weighted by Crippen LogP contribution is -2.27. The maximum absolute atomic E-state index is 12.4. The number of phenolic OH excluding ortho intramolecular Hbond substituents is 1. The molecule has 1 atom stereocenters. The van der Waals surface area contributed by atoms with E-state index >= 15 is 0 Å². The van der Waals surface area contributed by atoms with E-state index in [1.165, 1.54) is 0 Å². The van der Waals surface area contributed by atoms with Gasteiger partial charge in [-0.05, 0) is 28.5 Å². The molecule has 112 valence electrons. The quantitative estimate of drug-likeness (QED) is 0.777. The van der Waals surface area contributed by atoms with Crippen LogP contribution in [-0.2, 0) is 0 Å². The number of nitrogens with one attached hydrogen (secondary N) is 1. The standard InChI is InChI=1S/C19H14N2O2/c20-12-17(13-6-2-1-3-7-13)21-19(23)16-10-14-8-4-5-9-15(14)11-18(16)22/h1-11,17,22H,(H,21,23). The van der Waals surface area contributed by atoms with E-state index in [1.54, 1.807) is 36.4 Å². The third kappa shape index (κ3) is 2.99. The second-order valence-corrected chi connectivity index (χ2v) is 5.16. The van der Waals surface area contributed by atoms with Gasteiger partial charge in [-0.15, -0.1) is 0 Å². The van der Waals surface area contributed by atoms with Gasteiger partial charge in [-0.1, -0.05) is 54.6 Å². The van der Waals surface area contributed by atoms with E-state index in [0.717, 1.165) is 10.8 Å². The van der Waals surface area contributed by atoms with Crippen LogP contribution in [0.1, 0.15) is 22.0 Å². The first-order valence-corrected chi connectivity index (χ1v) is 7.16. The Morgan fingerprint density at radius 1 is 1.00 bits per heavy atom. The van der Waals surface area contributed by atoms with Gasteiger partial charge in [0.05, 0.1) is 11.6 Å². The average Bonchev–Trinajstić information content (AvgIpc) is 2.59. The smallest absolute Gasteiger partial charge is 0.256 e. The molecular formula is C19H14N2O2. The molecule has 3 aromatic rings. The van der Waals surface area contributed by atoms with Gasteiger partial charge in [-0.2, -0.15) is 5.26 Å². The summed E-state index contributed by atoms with van der Waals surface area (Å²) < 4.78 is 0. The third-order valence-corrected chi connectivity index (χ3v) is 3.65. The topological polar surface area (TPSA) is 73.1 Å². The van der Waals surface area contributed by atoms with E-state index in [2.05, 4.69) is 11.4 Å². The molecule has 0 bridgehead atoms. The Bertz CT molecular complexity index is 898. The number of hydrogen-bond acceptors (Lipinski definition) is 3. The highest BCUT2D eigenvalue weighted by Crippen LogP contribution is 2.25. The molecule has 0 saturated heterocycles. The largest absolute Gasteiger partial charge is 0.507 e. The van der Waals surface area contributed by atoms with E-state index in [4.69, 9.17) is 0 Å². The Morgan fingerprint density at radius 2 is 1.61 bits per heavy atom. The molecule has 1 amide bonds. The summed E-state index contributed by atoms with van der Waals surface area (Å²) in [6.07, 6.45) is 0. The number of nitrogens with zero attached hydrogens (tertiary/aromatic N) is 1. The number of phenols is 1. The highest BCUT2D eigenvalue weighted by Gasteiger charge is 2.18. The van der Waals surface area contributed by atoms with Crippen molar-refractivity contribution in [3.05, 3.63) is 77.9 Å². The minimum absolute atomic E-state index is 0.106. The van der Waals surface area contributed by atoms with Gasteiger partial charge in [0.15, 0.2) is 0 Å². The number of carbonyl (C=O) groups excluding carboxylic acids is 1. The summed E-state index contributed by atoms with van der Waals surface area (Å²) in [6, 6.07) is 20.9. The van der Waals surface area contributed by atoms with Crippen LogP contribution in [0, 0.1) is 11.3 Å². The first kappa shape index (κ1) is 14.6. The zero-order valence-corrected chi connectivity index (χ0v) is 12.2. The molecule has 0 saturated carbocycles. The fourth-order valence-corrected chi connectivity index (χ4v) is 2.45. The summed E-state index contributed by atoms with van der Waals surface area (Å²) in [5.74, 6) is -0.588. The van der Waals surface area contributed by atoms with Gasteiger partial charge in [-0.25, -0.2) is 0 Å². The van der Waals surface area contributed by atoms with Crippen LogP contribution in [0.15, 0.2) is 66.7 Å². The Labute approximate surface area is 133 Å². The Morgan fingerprint density at radius 3 is 2.26 bits per heavy atom. The van der Waals surface area contributed by atoms with E-state index in [9.17, 15) is 15.2 Å². The number of hydrogen-bond donors (Lipinski definition) is 2. The van der Waals surface area contributed by atoms with Crippen LogP contribution >= 0.6 is 0 Å². The average molecular weight is 302 g/mol. The second kappa shape index (κ2) is 6.20. The van der Waals surface area contributed by atoms with Gasteiger partial charge in [-0.3, -0.25) is 4.79 Å². The van der Waals surface area contributed by atoms with Gasteiger partial charge in [0, 0.05) is 0 Å². The number of nitriles is 1. The van der Waals surface area contributed by atoms with Gasteiger partial charge in [0.25, 0.3) is 5.91 Å². The van der Waals surface area contributed by atoms with Crippen LogP contribution in [0.5, 0.6) is 5.75 Å². The zero-order valence-electron chi connectivity index (χ0n) is 12.2. The van der Waals surface area contributed by atoms with Crippen molar-refractivity contribution in [3.63, 3.8) is 0 Å². The number of aromatic hydroxyl groups is 1. The molecule has 23 heavy (non-hydrogen) atoms. The van der Waals surface area contributed by atoms with E-state index < -0.39 is 11.9 Å². The van der Waals surface area contributed by atoms with Crippen LogP contribution in [0.25, 0.3) is 10.8 Å². The summed E-state index contributed by atoms with van der Waals surface area (Å²) in [7, 11) is 0. The first-order valence-electron chi connectivity index (χ1n) is 7.16. The maximum Gasteiger partial charge on any atom is 0.256 e. The molecule has 4 nitrogen and oxygen atoms in total. The molecule has 0 radical (unpaired) electrons. The van der Waals surface area contributed by atoms with Gasteiger partial charge < -0.3 is 10.4 Å². The molecule has 2 N–H and O–H groups in total. The predicted octanol–water partition coefficient (Wildman–Crippen LogP) is 3.54. The minimum atomic E-state index is -0.769. The number of rotatable bonds is 3. The maximum atomic E-state index is 12.4. The van der Waals surface area contributed by atoms with Gasteiger partial charge >= 0.3 is 0 Å². The molecule has 0 fully saturated rings. The van der Waals surface area contributed by atoms with Crippen molar-refractivity contribution in [1.29, 1.82) is 5.26 Å². The Kier molecular flexibility index (Phi) is 3.94. The monoisotopic (exact) mass is 302 g/mol. The van der Waals surface area contributed by atoms with Crippen LogP contribution < -0.4 is 5.32 Å². The SMILES string of the molecule is N#CC(NC(=O)c1cc2ccccc2cc1O)c1ccccc1. The highest BCUT2D eigenvalue weighted by molar-refractivity contribution is 6.01. The lowest BCUT2D eigenvalue weighted by molar-refractivity contribution is 0.0942. The number of benzene rings is 3. The predicted molar refractivity (Wildman–Crippen MR) is 87.9 cm³/mol. The summed E-state index contributed by atoms with van der Waals surface area (Å²) in [6.45, 7) is 0. The highest BCUT2D eigenvalue weighted by atomic mass is 16.3. The Balaban J connectivity index is 1.91. The summed E-state index contributed by atoms with van der Waals surface area (Å²) in [5.41, 5.74) is 0.850. The van der Waals surface area contributed by atoms with Crippen molar-refractivity contribution >= 4 is 16.7 Å². The Hall–Kier alpha value is -3.32. The molecule has 0 aromatic heterocycles. The first-order chi connectivity index (χ1) is 11.2. The molecular weight excluding hydrogens is 288 g/mol. The van der Waals surface area contributed by atoms with Crippen molar-refractivity contribution in [2.24, 2.45) is 0 Å². The molecule has 0 aliphatic carbocycles. The van der Waals surface area contributed by atoms with Gasteiger partial charge in [0.1, 0.15) is 11.8 Å². The molecule has 1 unspecified atom stereocenters. The van der Waals surface area contributed by atoms with Crippen LogP contribution in [0.2, 0.25) is 0 Å².